The Hall–Kier alpha value is -2.79. The van der Waals surface area contributed by atoms with E-state index in [2.05, 4.69) is 27.7 Å². The van der Waals surface area contributed by atoms with Gasteiger partial charge in [-0.3, -0.25) is 4.79 Å². The van der Waals surface area contributed by atoms with E-state index in [1.165, 1.54) is 11.1 Å². The predicted molar refractivity (Wildman–Crippen MR) is 139 cm³/mol. The molecule has 1 atom stereocenters. The Morgan fingerprint density at radius 2 is 1.62 bits per heavy atom. The van der Waals surface area contributed by atoms with Crippen LogP contribution in [0.3, 0.4) is 0 Å². The Balaban J connectivity index is 1.21. The molecule has 2 aromatic rings. The topological polar surface area (TPSA) is 53.6 Å². The highest BCUT2D eigenvalue weighted by molar-refractivity contribution is 5.94. The number of carbonyl (C=O) groups excluding carboxylic acids is 1. The molecule has 1 heterocycles. The van der Waals surface area contributed by atoms with E-state index >= 15 is 0 Å². The largest absolute Gasteiger partial charge is 0.497 e. The smallest absolute Gasteiger partial charge is 0.416 e. The van der Waals surface area contributed by atoms with Crippen LogP contribution >= 0.6 is 0 Å². The van der Waals surface area contributed by atoms with Crippen LogP contribution in [0.5, 0.6) is 5.75 Å². The zero-order valence-corrected chi connectivity index (χ0v) is 22.4. The quantitative estimate of drug-likeness (QED) is 0.315. The third kappa shape index (κ3) is 8.13. The van der Waals surface area contributed by atoms with Crippen LogP contribution in [-0.2, 0) is 25.2 Å². The van der Waals surface area contributed by atoms with Crippen molar-refractivity contribution < 1.29 is 35.9 Å². The van der Waals surface area contributed by atoms with E-state index < -0.39 is 35.0 Å². The molecule has 0 radical (unpaired) electrons. The van der Waals surface area contributed by atoms with E-state index in [4.69, 9.17) is 4.74 Å². The number of alkyl halides is 6. The van der Waals surface area contributed by atoms with Crippen molar-refractivity contribution in [3.63, 3.8) is 0 Å². The molecule has 1 fully saturated rings. The van der Waals surface area contributed by atoms with Crippen LogP contribution in [0.2, 0.25) is 0 Å². The van der Waals surface area contributed by atoms with E-state index in [0.29, 0.717) is 30.6 Å². The lowest BCUT2D eigenvalue weighted by Gasteiger charge is -2.33. The van der Waals surface area contributed by atoms with Crippen LogP contribution in [0, 0.1) is 5.92 Å². The van der Waals surface area contributed by atoms with Crippen LogP contribution in [0.4, 0.5) is 26.3 Å². The molecule has 2 N–H and O–H groups in total. The third-order valence-electron chi connectivity index (χ3n) is 7.84. The summed E-state index contributed by atoms with van der Waals surface area (Å²) in [6.07, 6.45) is -3.75. The number of methoxy groups -OCH3 is 1. The summed E-state index contributed by atoms with van der Waals surface area (Å²) in [6.45, 7) is 3.15. The van der Waals surface area contributed by atoms with Gasteiger partial charge in [0.05, 0.1) is 18.2 Å². The second kappa shape index (κ2) is 12.8. The fourth-order valence-electron chi connectivity index (χ4n) is 5.51. The SMILES string of the molecule is COc1ccc2c(c1)CC(NCC1CCN(CCNC(=O)c3cc(C(F)(F)F)cc(C(F)(F)F)c3)CC1)CCC2. The first-order chi connectivity index (χ1) is 18.9. The average Bonchev–Trinajstić information content (AvgIpc) is 3.12. The highest BCUT2D eigenvalue weighted by Crippen LogP contribution is 2.36. The number of halogens is 6. The average molecular weight is 572 g/mol. The molecule has 4 rings (SSSR count). The van der Waals surface area contributed by atoms with Gasteiger partial charge < -0.3 is 20.3 Å². The van der Waals surface area contributed by atoms with Gasteiger partial charge in [0.15, 0.2) is 0 Å². The summed E-state index contributed by atoms with van der Waals surface area (Å²) in [5.41, 5.74) is -0.941. The van der Waals surface area contributed by atoms with Gasteiger partial charge in [-0.2, -0.15) is 26.3 Å². The molecule has 2 aromatic carbocycles. The maximum absolute atomic E-state index is 13.1. The number of nitrogens with one attached hydrogen (secondary N) is 2. The second-order valence-corrected chi connectivity index (χ2v) is 10.7. The van der Waals surface area contributed by atoms with Crippen molar-refractivity contribution >= 4 is 5.91 Å². The number of hydrogen-bond donors (Lipinski definition) is 2. The van der Waals surface area contributed by atoms with Crippen molar-refractivity contribution in [3.8, 4) is 5.75 Å². The van der Waals surface area contributed by atoms with Crippen molar-refractivity contribution in [1.82, 2.24) is 15.5 Å². The first-order valence-corrected chi connectivity index (χ1v) is 13.6. The molecule has 0 bridgehead atoms. The van der Waals surface area contributed by atoms with Crippen molar-refractivity contribution in [2.75, 3.05) is 39.8 Å². The number of carbonyl (C=O) groups is 1. The monoisotopic (exact) mass is 571 g/mol. The summed E-state index contributed by atoms with van der Waals surface area (Å²) < 4.78 is 83.9. The zero-order valence-electron chi connectivity index (χ0n) is 22.4. The lowest BCUT2D eigenvalue weighted by molar-refractivity contribution is -0.143. The Morgan fingerprint density at radius 1 is 0.950 bits per heavy atom. The predicted octanol–water partition coefficient (Wildman–Crippen LogP) is 5.71. The highest BCUT2D eigenvalue weighted by Gasteiger charge is 2.37. The number of rotatable bonds is 8. The van der Waals surface area contributed by atoms with Gasteiger partial charge in [-0.1, -0.05) is 6.07 Å². The van der Waals surface area contributed by atoms with Gasteiger partial charge >= 0.3 is 12.4 Å². The van der Waals surface area contributed by atoms with E-state index in [0.717, 1.165) is 63.9 Å². The number of ether oxygens (including phenoxy) is 1. The molecule has 1 amide bonds. The summed E-state index contributed by atoms with van der Waals surface area (Å²) in [7, 11) is 1.68. The van der Waals surface area contributed by atoms with E-state index in [1.807, 2.05) is 6.07 Å². The van der Waals surface area contributed by atoms with Gasteiger partial charge in [-0.05, 0) is 106 Å². The normalized spacial score (nSPS) is 19.1. The van der Waals surface area contributed by atoms with E-state index in [1.54, 1.807) is 7.11 Å². The molecule has 0 aromatic heterocycles. The van der Waals surface area contributed by atoms with Gasteiger partial charge in [-0.15, -0.1) is 0 Å². The van der Waals surface area contributed by atoms with Gasteiger partial charge in [0, 0.05) is 24.7 Å². The van der Waals surface area contributed by atoms with E-state index in [9.17, 15) is 31.1 Å². The Labute approximate surface area is 230 Å². The second-order valence-electron chi connectivity index (χ2n) is 10.7. The Kier molecular flexibility index (Phi) is 9.66. The molecular formula is C29H35F6N3O2. The Morgan fingerprint density at radius 3 is 2.25 bits per heavy atom. The number of piperidine rings is 1. The lowest BCUT2D eigenvalue weighted by Crippen LogP contribution is -2.42. The van der Waals surface area contributed by atoms with Crippen molar-refractivity contribution in [3.05, 3.63) is 64.2 Å². The molecule has 1 aliphatic carbocycles. The first-order valence-electron chi connectivity index (χ1n) is 13.6. The molecule has 1 unspecified atom stereocenters. The van der Waals surface area contributed by atoms with Crippen LogP contribution in [-0.4, -0.2) is 56.7 Å². The number of nitrogens with zero attached hydrogens (tertiary/aromatic N) is 1. The molecule has 0 saturated carbocycles. The fourth-order valence-corrected chi connectivity index (χ4v) is 5.51. The summed E-state index contributed by atoms with van der Waals surface area (Å²) >= 11 is 0. The molecule has 2 aliphatic rings. The van der Waals surface area contributed by atoms with Crippen LogP contribution in [0.25, 0.3) is 0 Å². The maximum Gasteiger partial charge on any atom is 0.416 e. The van der Waals surface area contributed by atoms with Gasteiger partial charge in [-0.25, -0.2) is 0 Å². The minimum Gasteiger partial charge on any atom is -0.497 e. The zero-order chi connectivity index (χ0) is 28.9. The van der Waals surface area contributed by atoms with Crippen LogP contribution in [0.1, 0.15) is 58.3 Å². The van der Waals surface area contributed by atoms with Gasteiger partial charge in [0.1, 0.15) is 5.75 Å². The standard InChI is InChI=1S/C29H35F6N3O2/c1-40-26-6-5-20-3-2-4-25(15-21(20)16-26)37-18-19-7-10-38(11-8-19)12-9-36-27(39)22-13-23(28(30,31)32)17-24(14-22)29(33,34)35/h5-6,13-14,16-17,19,25,37H,2-4,7-12,15,18H2,1H3,(H,36,39). The summed E-state index contributed by atoms with van der Waals surface area (Å²) in [5.74, 6) is 0.437. The molecule has 1 aliphatic heterocycles. The molecule has 0 spiro atoms. The molecule has 11 heteroatoms. The van der Waals surface area contributed by atoms with E-state index in [-0.39, 0.29) is 12.6 Å². The molecule has 40 heavy (non-hydrogen) atoms. The number of benzene rings is 2. The third-order valence-corrected chi connectivity index (χ3v) is 7.84. The van der Waals surface area contributed by atoms with Crippen LogP contribution < -0.4 is 15.4 Å². The molecular weight excluding hydrogens is 536 g/mol. The number of amides is 1. The Bertz CT molecular complexity index is 1130. The highest BCUT2D eigenvalue weighted by atomic mass is 19.4. The van der Waals surface area contributed by atoms with Crippen molar-refractivity contribution in [1.29, 1.82) is 0 Å². The number of fused-ring (bicyclic) bond motifs is 1. The lowest BCUT2D eigenvalue weighted by atomic mass is 9.95. The summed E-state index contributed by atoms with van der Waals surface area (Å²) in [5, 5.41) is 6.22. The minimum absolute atomic E-state index is 0.0155. The molecule has 220 valence electrons. The van der Waals surface area contributed by atoms with Gasteiger partial charge in [0.25, 0.3) is 5.91 Å². The molecule has 1 saturated heterocycles. The number of aryl methyl sites for hydroxylation is 1. The summed E-state index contributed by atoms with van der Waals surface area (Å²) in [4.78, 5) is 14.5. The van der Waals surface area contributed by atoms with Crippen molar-refractivity contribution in [2.24, 2.45) is 5.92 Å². The molecule has 5 nitrogen and oxygen atoms in total. The number of likely N-dealkylation sites (tertiary alicyclic amines) is 1. The fraction of sp³-hybridized carbons (Fsp3) is 0.552. The van der Waals surface area contributed by atoms with Crippen LogP contribution in [0.15, 0.2) is 36.4 Å². The van der Waals surface area contributed by atoms with Gasteiger partial charge in [0.2, 0.25) is 0 Å². The first kappa shape index (κ1) is 30.2. The van der Waals surface area contributed by atoms with Crippen molar-refractivity contribution in [2.45, 2.75) is 56.9 Å². The summed E-state index contributed by atoms with van der Waals surface area (Å²) in [6, 6.07) is 7.64. The number of hydrogen-bond acceptors (Lipinski definition) is 4. The maximum atomic E-state index is 13.1. The minimum atomic E-state index is -5.00.